The SMILES string of the molecule is Cc1cc(Oc2ccccc2)ccc1CCCSC#N. The van der Waals surface area contributed by atoms with Crippen LogP contribution < -0.4 is 4.74 Å². The van der Waals surface area contributed by atoms with Crippen molar-refractivity contribution in [3.05, 3.63) is 59.7 Å². The monoisotopic (exact) mass is 283 g/mol. The van der Waals surface area contributed by atoms with Crippen LogP contribution in [0, 0.1) is 17.6 Å². The summed E-state index contributed by atoms with van der Waals surface area (Å²) in [5.41, 5.74) is 2.56. The molecule has 3 heteroatoms. The van der Waals surface area contributed by atoms with Gasteiger partial charge >= 0.3 is 0 Å². The van der Waals surface area contributed by atoms with Crippen molar-refractivity contribution < 1.29 is 4.74 Å². The molecule has 2 rings (SSSR count). The average molecular weight is 283 g/mol. The summed E-state index contributed by atoms with van der Waals surface area (Å²) in [6, 6.07) is 16.0. The van der Waals surface area contributed by atoms with E-state index in [0.717, 1.165) is 30.1 Å². The third-order valence-electron chi connectivity index (χ3n) is 3.05. The van der Waals surface area contributed by atoms with Crippen LogP contribution in [0.4, 0.5) is 0 Å². The topological polar surface area (TPSA) is 33.0 Å². The quantitative estimate of drug-likeness (QED) is 0.556. The molecule has 0 radical (unpaired) electrons. The number of benzene rings is 2. The third-order valence-corrected chi connectivity index (χ3v) is 3.67. The molecule has 0 aromatic heterocycles. The van der Waals surface area contributed by atoms with Gasteiger partial charge in [0.25, 0.3) is 0 Å². The lowest BCUT2D eigenvalue weighted by atomic mass is 10.0. The third kappa shape index (κ3) is 4.32. The fourth-order valence-corrected chi connectivity index (χ4v) is 2.40. The molecule has 0 saturated heterocycles. The van der Waals surface area contributed by atoms with Crippen LogP contribution in [0.25, 0.3) is 0 Å². The van der Waals surface area contributed by atoms with E-state index in [1.807, 2.05) is 36.4 Å². The molecule has 0 heterocycles. The molecule has 20 heavy (non-hydrogen) atoms. The second-order valence-corrected chi connectivity index (χ2v) is 5.43. The Kier molecular flexibility index (Phi) is 5.52. The molecule has 0 fully saturated rings. The normalized spacial score (nSPS) is 10.0. The molecule has 0 bridgehead atoms. The maximum Gasteiger partial charge on any atom is 0.133 e. The summed E-state index contributed by atoms with van der Waals surface area (Å²) in [6.45, 7) is 2.10. The van der Waals surface area contributed by atoms with Crippen LogP contribution in [-0.4, -0.2) is 5.75 Å². The highest BCUT2D eigenvalue weighted by Gasteiger charge is 2.02. The highest BCUT2D eigenvalue weighted by Crippen LogP contribution is 2.24. The second kappa shape index (κ2) is 7.62. The van der Waals surface area contributed by atoms with Gasteiger partial charge in [0.15, 0.2) is 0 Å². The van der Waals surface area contributed by atoms with Gasteiger partial charge < -0.3 is 4.74 Å². The molecule has 0 aliphatic heterocycles. The molecule has 0 amide bonds. The van der Waals surface area contributed by atoms with Gasteiger partial charge in [-0.1, -0.05) is 24.3 Å². The molecule has 2 aromatic carbocycles. The Morgan fingerprint density at radius 2 is 1.90 bits per heavy atom. The number of nitriles is 1. The molecule has 0 unspecified atom stereocenters. The first-order valence-electron chi connectivity index (χ1n) is 6.63. The summed E-state index contributed by atoms with van der Waals surface area (Å²) in [7, 11) is 0. The van der Waals surface area contributed by atoms with Crippen LogP contribution in [-0.2, 0) is 6.42 Å². The van der Waals surface area contributed by atoms with Gasteiger partial charge in [0, 0.05) is 5.75 Å². The number of thiocyanates is 1. The first-order chi connectivity index (χ1) is 9.79. The molecule has 0 N–H and O–H groups in total. The lowest BCUT2D eigenvalue weighted by Gasteiger charge is -2.09. The lowest BCUT2D eigenvalue weighted by molar-refractivity contribution is 0.482. The van der Waals surface area contributed by atoms with Crippen LogP contribution in [0.2, 0.25) is 0 Å². The molecule has 2 nitrogen and oxygen atoms in total. The smallest absolute Gasteiger partial charge is 0.133 e. The van der Waals surface area contributed by atoms with Gasteiger partial charge in [-0.3, -0.25) is 0 Å². The van der Waals surface area contributed by atoms with Crippen LogP contribution in [0.15, 0.2) is 48.5 Å². The van der Waals surface area contributed by atoms with Crippen LogP contribution >= 0.6 is 11.8 Å². The van der Waals surface area contributed by atoms with Crippen molar-refractivity contribution >= 4 is 11.8 Å². The predicted octanol–water partition coefficient (Wildman–Crippen LogP) is 4.93. The molecule has 2 aromatic rings. The number of hydrogen-bond donors (Lipinski definition) is 0. The minimum atomic E-state index is 0.852. The molecular weight excluding hydrogens is 266 g/mol. The molecule has 102 valence electrons. The van der Waals surface area contributed by atoms with E-state index in [9.17, 15) is 0 Å². The van der Waals surface area contributed by atoms with Crippen molar-refractivity contribution in [3.63, 3.8) is 0 Å². The zero-order valence-corrected chi connectivity index (χ0v) is 12.3. The summed E-state index contributed by atoms with van der Waals surface area (Å²) >= 11 is 1.32. The first-order valence-corrected chi connectivity index (χ1v) is 7.61. The van der Waals surface area contributed by atoms with E-state index in [-0.39, 0.29) is 0 Å². The number of para-hydroxylation sites is 1. The predicted molar refractivity (Wildman–Crippen MR) is 84.1 cm³/mol. The van der Waals surface area contributed by atoms with Crippen molar-refractivity contribution in [1.82, 2.24) is 0 Å². The maximum atomic E-state index is 8.49. The van der Waals surface area contributed by atoms with E-state index >= 15 is 0 Å². The standard InChI is InChI=1S/C17H17NOS/c1-14-12-17(19-16-7-3-2-4-8-16)10-9-15(14)6-5-11-20-13-18/h2-4,7-10,12H,5-6,11H2,1H3. The minimum absolute atomic E-state index is 0.852. The number of aryl methyl sites for hydroxylation is 2. The van der Waals surface area contributed by atoms with Gasteiger partial charge in [0.2, 0.25) is 0 Å². The van der Waals surface area contributed by atoms with Crippen LogP contribution in [0.5, 0.6) is 11.5 Å². The zero-order chi connectivity index (χ0) is 14.2. The number of nitrogens with zero attached hydrogens (tertiary/aromatic N) is 1. The van der Waals surface area contributed by atoms with Gasteiger partial charge in [-0.2, -0.15) is 5.26 Å². The summed E-state index contributed by atoms with van der Waals surface area (Å²) < 4.78 is 5.81. The van der Waals surface area contributed by atoms with Gasteiger partial charge in [0.05, 0.1) is 0 Å². The van der Waals surface area contributed by atoms with Crippen molar-refractivity contribution in [2.24, 2.45) is 0 Å². The van der Waals surface area contributed by atoms with E-state index in [4.69, 9.17) is 10.00 Å². The Balaban J connectivity index is 1.97. The largest absolute Gasteiger partial charge is 0.457 e. The van der Waals surface area contributed by atoms with Gasteiger partial charge in [-0.05, 0) is 66.9 Å². The van der Waals surface area contributed by atoms with Crippen molar-refractivity contribution in [3.8, 4) is 16.9 Å². The van der Waals surface area contributed by atoms with Gasteiger partial charge in [-0.25, -0.2) is 0 Å². The van der Waals surface area contributed by atoms with Crippen molar-refractivity contribution in [2.75, 3.05) is 5.75 Å². The first kappa shape index (κ1) is 14.5. The van der Waals surface area contributed by atoms with E-state index in [2.05, 4.69) is 24.5 Å². The summed E-state index contributed by atoms with van der Waals surface area (Å²) in [5.74, 6) is 2.60. The molecule has 0 spiro atoms. The number of rotatable bonds is 6. The molecule has 0 atom stereocenters. The summed E-state index contributed by atoms with van der Waals surface area (Å²) in [5, 5.41) is 10.6. The molecular formula is C17H17NOS. The molecule has 0 aliphatic rings. The van der Waals surface area contributed by atoms with Gasteiger partial charge in [0.1, 0.15) is 16.9 Å². The molecule has 0 saturated carbocycles. The van der Waals surface area contributed by atoms with Crippen LogP contribution in [0.1, 0.15) is 17.5 Å². The fourth-order valence-electron chi connectivity index (χ4n) is 2.02. The van der Waals surface area contributed by atoms with Gasteiger partial charge in [-0.15, -0.1) is 0 Å². The highest BCUT2D eigenvalue weighted by atomic mass is 32.2. The van der Waals surface area contributed by atoms with E-state index in [1.165, 1.54) is 22.9 Å². The average Bonchev–Trinajstić information content (AvgIpc) is 2.46. The second-order valence-electron chi connectivity index (χ2n) is 4.55. The van der Waals surface area contributed by atoms with Crippen LogP contribution in [0.3, 0.4) is 0 Å². The lowest BCUT2D eigenvalue weighted by Crippen LogP contribution is -1.93. The Morgan fingerprint density at radius 3 is 2.60 bits per heavy atom. The highest BCUT2D eigenvalue weighted by molar-refractivity contribution is 8.03. The minimum Gasteiger partial charge on any atom is -0.457 e. The number of hydrogen-bond acceptors (Lipinski definition) is 3. The van der Waals surface area contributed by atoms with E-state index < -0.39 is 0 Å². The summed E-state index contributed by atoms with van der Waals surface area (Å²) in [4.78, 5) is 0. The molecule has 0 aliphatic carbocycles. The Labute approximate surface area is 124 Å². The number of thioether (sulfide) groups is 1. The Hall–Kier alpha value is -1.92. The van der Waals surface area contributed by atoms with Crippen molar-refractivity contribution in [1.29, 1.82) is 5.26 Å². The van der Waals surface area contributed by atoms with E-state index in [1.54, 1.807) is 0 Å². The Morgan fingerprint density at radius 1 is 1.10 bits per heavy atom. The summed E-state index contributed by atoms with van der Waals surface area (Å²) in [6.07, 6.45) is 2.03. The van der Waals surface area contributed by atoms with E-state index in [0.29, 0.717) is 0 Å². The fraction of sp³-hybridized carbons (Fsp3) is 0.235. The number of ether oxygens (including phenoxy) is 1. The van der Waals surface area contributed by atoms with Crippen molar-refractivity contribution in [2.45, 2.75) is 19.8 Å². The Bertz CT molecular complexity index is 590. The zero-order valence-electron chi connectivity index (χ0n) is 11.5. The maximum absolute atomic E-state index is 8.49.